The molecule has 102 valence electrons. The SMILES string of the molecule is CCCCCCOc1ccc(S(N)(=O)=O)c(N)c1. The lowest BCUT2D eigenvalue weighted by molar-refractivity contribution is 0.305. The molecule has 0 saturated carbocycles. The summed E-state index contributed by atoms with van der Waals surface area (Å²) < 4.78 is 27.8. The maximum absolute atomic E-state index is 11.2. The Labute approximate surface area is 108 Å². The van der Waals surface area contributed by atoms with E-state index in [-0.39, 0.29) is 10.6 Å². The molecular weight excluding hydrogens is 252 g/mol. The molecule has 4 N–H and O–H groups in total. The van der Waals surface area contributed by atoms with E-state index in [0.29, 0.717) is 12.4 Å². The van der Waals surface area contributed by atoms with Gasteiger partial charge in [0, 0.05) is 6.07 Å². The molecule has 0 aliphatic rings. The highest BCUT2D eigenvalue weighted by atomic mass is 32.2. The Balaban J connectivity index is 2.57. The summed E-state index contributed by atoms with van der Waals surface area (Å²) in [7, 11) is -3.76. The highest BCUT2D eigenvalue weighted by Gasteiger charge is 2.12. The minimum Gasteiger partial charge on any atom is -0.494 e. The molecule has 1 aromatic carbocycles. The van der Waals surface area contributed by atoms with Crippen LogP contribution >= 0.6 is 0 Å². The van der Waals surface area contributed by atoms with E-state index in [4.69, 9.17) is 15.6 Å². The average molecular weight is 272 g/mol. The molecule has 0 radical (unpaired) electrons. The highest BCUT2D eigenvalue weighted by molar-refractivity contribution is 7.89. The number of hydrogen-bond acceptors (Lipinski definition) is 4. The quantitative estimate of drug-likeness (QED) is 0.585. The molecule has 1 aromatic rings. The molecular formula is C12H20N2O3S. The molecule has 0 atom stereocenters. The van der Waals surface area contributed by atoms with Crippen molar-refractivity contribution in [3.8, 4) is 5.75 Å². The molecule has 0 bridgehead atoms. The number of ether oxygens (including phenoxy) is 1. The van der Waals surface area contributed by atoms with Gasteiger partial charge in [-0.15, -0.1) is 0 Å². The molecule has 1 rings (SSSR count). The van der Waals surface area contributed by atoms with E-state index in [0.717, 1.165) is 12.8 Å². The molecule has 0 aromatic heterocycles. The Kier molecular flexibility index (Phi) is 5.43. The third-order valence-corrected chi connectivity index (χ3v) is 3.54. The van der Waals surface area contributed by atoms with Crippen LogP contribution in [0.1, 0.15) is 32.6 Å². The number of nitrogens with two attached hydrogens (primary N) is 2. The predicted octanol–water partition coefficient (Wildman–Crippen LogP) is 1.88. The van der Waals surface area contributed by atoms with E-state index < -0.39 is 10.0 Å². The molecule has 0 fully saturated rings. The van der Waals surface area contributed by atoms with Crippen LogP contribution in [0.3, 0.4) is 0 Å². The Bertz CT molecular complexity index is 486. The maximum atomic E-state index is 11.2. The maximum Gasteiger partial charge on any atom is 0.240 e. The fourth-order valence-electron chi connectivity index (χ4n) is 1.59. The van der Waals surface area contributed by atoms with Crippen molar-refractivity contribution < 1.29 is 13.2 Å². The monoisotopic (exact) mass is 272 g/mol. The number of benzene rings is 1. The zero-order chi connectivity index (χ0) is 13.6. The second kappa shape index (κ2) is 6.61. The number of rotatable bonds is 7. The van der Waals surface area contributed by atoms with Crippen LogP contribution in [0.25, 0.3) is 0 Å². The van der Waals surface area contributed by atoms with Crippen LogP contribution in [0.2, 0.25) is 0 Å². The van der Waals surface area contributed by atoms with Crippen molar-refractivity contribution in [2.75, 3.05) is 12.3 Å². The molecule has 0 aliphatic heterocycles. The molecule has 0 unspecified atom stereocenters. The van der Waals surface area contributed by atoms with Crippen molar-refractivity contribution in [3.63, 3.8) is 0 Å². The molecule has 6 heteroatoms. The molecule has 0 spiro atoms. The number of anilines is 1. The van der Waals surface area contributed by atoms with Crippen LogP contribution in [0, 0.1) is 0 Å². The third-order valence-electron chi connectivity index (χ3n) is 2.55. The average Bonchev–Trinajstić information content (AvgIpc) is 2.27. The smallest absolute Gasteiger partial charge is 0.240 e. The summed E-state index contributed by atoms with van der Waals surface area (Å²) in [5.74, 6) is 0.566. The van der Waals surface area contributed by atoms with E-state index in [2.05, 4.69) is 6.92 Å². The van der Waals surface area contributed by atoms with Crippen LogP contribution in [-0.4, -0.2) is 15.0 Å². The van der Waals surface area contributed by atoms with E-state index in [9.17, 15) is 8.42 Å². The van der Waals surface area contributed by atoms with Crippen molar-refractivity contribution in [3.05, 3.63) is 18.2 Å². The van der Waals surface area contributed by atoms with Crippen molar-refractivity contribution in [2.45, 2.75) is 37.5 Å². The molecule has 18 heavy (non-hydrogen) atoms. The topological polar surface area (TPSA) is 95.4 Å². The summed E-state index contributed by atoms with van der Waals surface area (Å²) in [4.78, 5) is -0.0687. The van der Waals surface area contributed by atoms with Gasteiger partial charge in [-0.25, -0.2) is 13.6 Å². The zero-order valence-electron chi connectivity index (χ0n) is 10.6. The van der Waals surface area contributed by atoms with Gasteiger partial charge in [-0.05, 0) is 18.6 Å². The first-order valence-corrected chi connectivity index (χ1v) is 7.55. The largest absolute Gasteiger partial charge is 0.494 e. The number of hydrogen-bond donors (Lipinski definition) is 2. The second-order valence-corrected chi connectivity index (χ2v) is 5.68. The Morgan fingerprint density at radius 1 is 1.22 bits per heavy atom. The van der Waals surface area contributed by atoms with Gasteiger partial charge in [0.2, 0.25) is 10.0 Å². The second-order valence-electron chi connectivity index (χ2n) is 4.15. The summed E-state index contributed by atoms with van der Waals surface area (Å²) in [5.41, 5.74) is 5.73. The number of sulfonamides is 1. The van der Waals surface area contributed by atoms with Gasteiger partial charge in [-0.1, -0.05) is 26.2 Å². The molecule has 0 amide bonds. The Morgan fingerprint density at radius 2 is 1.94 bits per heavy atom. The third kappa shape index (κ3) is 4.54. The Morgan fingerprint density at radius 3 is 2.50 bits per heavy atom. The van der Waals surface area contributed by atoms with Gasteiger partial charge < -0.3 is 10.5 Å². The molecule has 0 aliphatic carbocycles. The number of primary sulfonamides is 1. The van der Waals surface area contributed by atoms with E-state index in [1.807, 2.05) is 0 Å². The van der Waals surface area contributed by atoms with Crippen molar-refractivity contribution in [2.24, 2.45) is 5.14 Å². The predicted molar refractivity (Wildman–Crippen MR) is 71.9 cm³/mol. The lowest BCUT2D eigenvalue weighted by atomic mass is 10.2. The number of unbranched alkanes of at least 4 members (excludes halogenated alkanes) is 3. The standard InChI is InChI=1S/C12H20N2O3S/c1-2-3-4-5-8-17-10-6-7-12(11(13)9-10)18(14,15)16/h6-7,9H,2-5,8,13H2,1H3,(H2,14,15,16). The van der Waals surface area contributed by atoms with Gasteiger partial charge in [0.05, 0.1) is 12.3 Å². The van der Waals surface area contributed by atoms with Crippen LogP contribution in [0.5, 0.6) is 5.75 Å². The summed E-state index contributed by atoms with van der Waals surface area (Å²) in [6.45, 7) is 2.75. The Hall–Kier alpha value is -1.27. The minimum absolute atomic E-state index is 0.0687. The fraction of sp³-hybridized carbons (Fsp3) is 0.500. The molecule has 5 nitrogen and oxygen atoms in total. The van der Waals surface area contributed by atoms with Gasteiger partial charge in [0.15, 0.2) is 0 Å². The van der Waals surface area contributed by atoms with Gasteiger partial charge in [-0.2, -0.15) is 0 Å². The van der Waals surface area contributed by atoms with Crippen molar-refractivity contribution in [1.29, 1.82) is 0 Å². The van der Waals surface area contributed by atoms with E-state index in [1.165, 1.54) is 25.0 Å². The number of nitrogen functional groups attached to an aromatic ring is 1. The summed E-state index contributed by atoms with van der Waals surface area (Å²) in [6, 6.07) is 4.42. The first kappa shape index (κ1) is 14.8. The lowest BCUT2D eigenvalue weighted by Crippen LogP contribution is -2.14. The van der Waals surface area contributed by atoms with Crippen LogP contribution in [-0.2, 0) is 10.0 Å². The normalized spacial score (nSPS) is 11.4. The molecule has 0 saturated heterocycles. The summed E-state index contributed by atoms with van der Waals surface area (Å²) in [6.07, 6.45) is 4.47. The summed E-state index contributed by atoms with van der Waals surface area (Å²) in [5, 5.41) is 5.01. The summed E-state index contributed by atoms with van der Waals surface area (Å²) >= 11 is 0. The first-order chi connectivity index (χ1) is 8.45. The zero-order valence-corrected chi connectivity index (χ0v) is 11.4. The van der Waals surface area contributed by atoms with Crippen LogP contribution in [0.15, 0.2) is 23.1 Å². The van der Waals surface area contributed by atoms with Crippen molar-refractivity contribution in [1.82, 2.24) is 0 Å². The molecule has 0 heterocycles. The van der Waals surface area contributed by atoms with Crippen molar-refractivity contribution >= 4 is 15.7 Å². The highest BCUT2D eigenvalue weighted by Crippen LogP contribution is 2.23. The lowest BCUT2D eigenvalue weighted by Gasteiger charge is -2.08. The first-order valence-electron chi connectivity index (χ1n) is 6.00. The van der Waals surface area contributed by atoms with Gasteiger partial charge in [0.25, 0.3) is 0 Å². The fourth-order valence-corrected chi connectivity index (χ4v) is 2.24. The van der Waals surface area contributed by atoms with E-state index in [1.54, 1.807) is 6.07 Å². The van der Waals surface area contributed by atoms with Gasteiger partial charge in [0.1, 0.15) is 10.6 Å². The minimum atomic E-state index is -3.76. The van der Waals surface area contributed by atoms with Gasteiger partial charge >= 0.3 is 0 Å². The van der Waals surface area contributed by atoms with Crippen LogP contribution in [0.4, 0.5) is 5.69 Å². The van der Waals surface area contributed by atoms with Crippen LogP contribution < -0.4 is 15.6 Å². The van der Waals surface area contributed by atoms with Gasteiger partial charge in [-0.3, -0.25) is 0 Å². The van der Waals surface area contributed by atoms with E-state index >= 15 is 0 Å².